The first-order chi connectivity index (χ1) is 9.24. The van der Waals surface area contributed by atoms with E-state index in [1.165, 1.54) is 5.56 Å². The SMILES string of the molecule is Cc1ccc(-c2ncco2)cc1-c1ccc(N)nc1. The first-order valence-electron chi connectivity index (χ1n) is 5.96. The van der Waals surface area contributed by atoms with Crippen LogP contribution in [0.3, 0.4) is 0 Å². The van der Waals surface area contributed by atoms with Crippen molar-refractivity contribution >= 4 is 5.82 Å². The number of pyridine rings is 1. The molecule has 0 saturated heterocycles. The molecule has 0 fully saturated rings. The van der Waals surface area contributed by atoms with E-state index in [0.29, 0.717) is 11.7 Å². The van der Waals surface area contributed by atoms with Crippen LogP contribution in [0.4, 0.5) is 5.82 Å². The van der Waals surface area contributed by atoms with Crippen LogP contribution >= 0.6 is 0 Å². The van der Waals surface area contributed by atoms with E-state index in [1.807, 2.05) is 24.3 Å². The molecule has 3 rings (SSSR count). The number of benzene rings is 1. The van der Waals surface area contributed by atoms with Crippen molar-refractivity contribution in [2.24, 2.45) is 0 Å². The summed E-state index contributed by atoms with van der Waals surface area (Å²) >= 11 is 0. The molecule has 0 aliphatic rings. The molecule has 19 heavy (non-hydrogen) atoms. The zero-order valence-corrected chi connectivity index (χ0v) is 10.5. The van der Waals surface area contributed by atoms with Crippen LogP contribution in [0.2, 0.25) is 0 Å². The minimum absolute atomic E-state index is 0.519. The molecule has 2 N–H and O–H groups in total. The highest BCUT2D eigenvalue weighted by atomic mass is 16.3. The number of nitrogen functional groups attached to an aromatic ring is 1. The number of hydrogen-bond acceptors (Lipinski definition) is 4. The van der Waals surface area contributed by atoms with Gasteiger partial charge in [-0.3, -0.25) is 0 Å². The zero-order valence-electron chi connectivity index (χ0n) is 10.5. The van der Waals surface area contributed by atoms with E-state index in [9.17, 15) is 0 Å². The van der Waals surface area contributed by atoms with Crippen LogP contribution in [0.1, 0.15) is 5.56 Å². The molecule has 3 aromatic rings. The molecule has 0 bridgehead atoms. The lowest BCUT2D eigenvalue weighted by molar-refractivity contribution is 0.574. The van der Waals surface area contributed by atoms with Crippen LogP contribution in [0.25, 0.3) is 22.6 Å². The van der Waals surface area contributed by atoms with Crippen molar-refractivity contribution in [1.82, 2.24) is 9.97 Å². The molecule has 0 aliphatic carbocycles. The fourth-order valence-electron chi connectivity index (χ4n) is 2.00. The molecule has 2 aromatic heterocycles. The van der Waals surface area contributed by atoms with Crippen molar-refractivity contribution in [2.45, 2.75) is 6.92 Å². The lowest BCUT2D eigenvalue weighted by Gasteiger charge is -2.07. The van der Waals surface area contributed by atoms with Gasteiger partial charge in [0.05, 0.1) is 6.20 Å². The second-order valence-corrected chi connectivity index (χ2v) is 4.34. The maximum absolute atomic E-state index is 5.61. The average Bonchev–Trinajstić information content (AvgIpc) is 2.94. The summed E-state index contributed by atoms with van der Waals surface area (Å²) in [5.74, 6) is 1.13. The normalized spacial score (nSPS) is 10.6. The van der Waals surface area contributed by atoms with Gasteiger partial charge >= 0.3 is 0 Å². The van der Waals surface area contributed by atoms with Gasteiger partial charge in [0.2, 0.25) is 5.89 Å². The van der Waals surface area contributed by atoms with Gasteiger partial charge in [0.25, 0.3) is 0 Å². The fourth-order valence-corrected chi connectivity index (χ4v) is 2.00. The number of oxazole rings is 1. The molecule has 0 atom stereocenters. The van der Waals surface area contributed by atoms with Gasteiger partial charge in [0.15, 0.2) is 0 Å². The Kier molecular flexibility index (Phi) is 2.76. The van der Waals surface area contributed by atoms with Gasteiger partial charge in [-0.25, -0.2) is 9.97 Å². The van der Waals surface area contributed by atoms with Crippen molar-refractivity contribution in [3.63, 3.8) is 0 Å². The van der Waals surface area contributed by atoms with Gasteiger partial charge in [-0.15, -0.1) is 0 Å². The smallest absolute Gasteiger partial charge is 0.225 e. The van der Waals surface area contributed by atoms with Gasteiger partial charge in [-0.1, -0.05) is 6.07 Å². The summed E-state index contributed by atoms with van der Waals surface area (Å²) in [5, 5.41) is 0. The topological polar surface area (TPSA) is 64.9 Å². The largest absolute Gasteiger partial charge is 0.445 e. The first kappa shape index (κ1) is 11.5. The molecule has 94 valence electrons. The second-order valence-electron chi connectivity index (χ2n) is 4.34. The quantitative estimate of drug-likeness (QED) is 0.759. The van der Waals surface area contributed by atoms with Crippen LogP contribution in [-0.4, -0.2) is 9.97 Å². The van der Waals surface area contributed by atoms with E-state index in [1.54, 1.807) is 24.7 Å². The maximum Gasteiger partial charge on any atom is 0.225 e. The minimum Gasteiger partial charge on any atom is -0.445 e. The Morgan fingerprint density at radius 1 is 1.05 bits per heavy atom. The Morgan fingerprint density at radius 3 is 2.58 bits per heavy atom. The van der Waals surface area contributed by atoms with Crippen molar-refractivity contribution in [2.75, 3.05) is 5.73 Å². The van der Waals surface area contributed by atoms with E-state index in [0.717, 1.165) is 16.7 Å². The third kappa shape index (κ3) is 2.20. The average molecular weight is 251 g/mol. The molecule has 0 spiro atoms. The third-order valence-corrected chi connectivity index (χ3v) is 3.01. The number of nitrogens with zero attached hydrogens (tertiary/aromatic N) is 2. The summed E-state index contributed by atoms with van der Waals surface area (Å²) < 4.78 is 5.32. The van der Waals surface area contributed by atoms with Gasteiger partial charge in [-0.2, -0.15) is 0 Å². The molecule has 0 radical (unpaired) electrons. The monoisotopic (exact) mass is 251 g/mol. The standard InChI is InChI=1S/C15H13N3O/c1-10-2-3-11(15-17-6-7-19-15)8-13(10)12-4-5-14(16)18-9-12/h2-9H,1H3,(H2,16,18). The maximum atomic E-state index is 5.61. The Hall–Kier alpha value is -2.62. The molecule has 0 saturated carbocycles. The highest BCUT2D eigenvalue weighted by Gasteiger charge is 2.07. The molecule has 2 heterocycles. The fraction of sp³-hybridized carbons (Fsp3) is 0.0667. The molecule has 4 heteroatoms. The molecule has 0 amide bonds. The Bertz CT molecular complexity index is 688. The van der Waals surface area contributed by atoms with Crippen LogP contribution in [0.15, 0.2) is 53.4 Å². The predicted octanol–water partition coefficient (Wildman–Crippen LogP) is 3.29. The Balaban J connectivity index is 2.10. The third-order valence-electron chi connectivity index (χ3n) is 3.01. The van der Waals surface area contributed by atoms with Crippen molar-refractivity contribution in [3.05, 3.63) is 54.6 Å². The summed E-state index contributed by atoms with van der Waals surface area (Å²) in [6, 6.07) is 9.85. The van der Waals surface area contributed by atoms with Gasteiger partial charge < -0.3 is 10.2 Å². The van der Waals surface area contributed by atoms with E-state index in [-0.39, 0.29) is 0 Å². The molecular formula is C15H13N3O. The van der Waals surface area contributed by atoms with E-state index >= 15 is 0 Å². The Morgan fingerprint density at radius 2 is 1.89 bits per heavy atom. The second kappa shape index (κ2) is 4.57. The zero-order chi connectivity index (χ0) is 13.2. The van der Waals surface area contributed by atoms with Crippen LogP contribution in [-0.2, 0) is 0 Å². The van der Waals surface area contributed by atoms with E-state index < -0.39 is 0 Å². The number of anilines is 1. The highest BCUT2D eigenvalue weighted by Crippen LogP contribution is 2.28. The number of aryl methyl sites for hydroxylation is 1. The van der Waals surface area contributed by atoms with Gasteiger partial charge in [-0.05, 0) is 42.3 Å². The lowest BCUT2D eigenvalue weighted by atomic mass is 9.99. The number of rotatable bonds is 2. The molecular weight excluding hydrogens is 238 g/mol. The first-order valence-corrected chi connectivity index (χ1v) is 5.96. The van der Waals surface area contributed by atoms with Crippen LogP contribution in [0, 0.1) is 6.92 Å². The Labute approximate surface area is 110 Å². The van der Waals surface area contributed by atoms with Crippen LogP contribution < -0.4 is 5.73 Å². The minimum atomic E-state index is 0.519. The number of hydrogen-bond donors (Lipinski definition) is 1. The molecule has 1 aromatic carbocycles. The van der Waals surface area contributed by atoms with E-state index in [2.05, 4.69) is 16.9 Å². The molecule has 0 unspecified atom stereocenters. The lowest BCUT2D eigenvalue weighted by Crippen LogP contribution is -1.91. The van der Waals surface area contributed by atoms with Gasteiger partial charge in [0.1, 0.15) is 12.1 Å². The van der Waals surface area contributed by atoms with Crippen molar-refractivity contribution in [3.8, 4) is 22.6 Å². The van der Waals surface area contributed by atoms with Crippen molar-refractivity contribution < 1.29 is 4.42 Å². The van der Waals surface area contributed by atoms with Crippen molar-refractivity contribution in [1.29, 1.82) is 0 Å². The summed E-state index contributed by atoms with van der Waals surface area (Å²) in [5.41, 5.74) is 9.86. The predicted molar refractivity (Wildman–Crippen MR) is 74.3 cm³/mol. The summed E-state index contributed by atoms with van der Waals surface area (Å²) in [4.78, 5) is 8.29. The summed E-state index contributed by atoms with van der Waals surface area (Å²) in [7, 11) is 0. The number of nitrogens with two attached hydrogens (primary N) is 1. The summed E-state index contributed by atoms with van der Waals surface area (Å²) in [6.07, 6.45) is 4.98. The molecule has 0 aliphatic heterocycles. The summed E-state index contributed by atoms with van der Waals surface area (Å²) in [6.45, 7) is 2.06. The van der Waals surface area contributed by atoms with Crippen LogP contribution in [0.5, 0.6) is 0 Å². The highest BCUT2D eigenvalue weighted by molar-refractivity contribution is 5.72. The van der Waals surface area contributed by atoms with E-state index in [4.69, 9.17) is 10.2 Å². The molecule has 4 nitrogen and oxygen atoms in total. The number of aromatic nitrogens is 2. The van der Waals surface area contributed by atoms with Gasteiger partial charge in [0, 0.05) is 17.3 Å².